The molecule has 4 rings (SSSR count). The molecule has 0 amide bonds. The van der Waals surface area contributed by atoms with E-state index in [-0.39, 0.29) is 23.7 Å². The zero-order valence-electron chi connectivity index (χ0n) is 12.7. The smallest absolute Gasteiger partial charge is 0.274 e. The highest BCUT2D eigenvalue weighted by atomic mass is 16.1. The molecule has 0 bridgehead atoms. The van der Waals surface area contributed by atoms with E-state index in [0.29, 0.717) is 0 Å². The molecule has 2 aromatic rings. The van der Waals surface area contributed by atoms with Crippen molar-refractivity contribution in [3.63, 3.8) is 0 Å². The lowest BCUT2D eigenvalue weighted by molar-refractivity contribution is 0.101. The normalized spacial score (nSPS) is 22.2. The fraction of sp³-hybridized carbons (Fsp3) is 0.267. The van der Waals surface area contributed by atoms with Crippen LogP contribution < -0.4 is 0 Å². The molecule has 0 fully saturated rings. The minimum absolute atomic E-state index is 0.0309. The van der Waals surface area contributed by atoms with Gasteiger partial charge in [-0.15, -0.1) is 20.4 Å². The summed E-state index contributed by atoms with van der Waals surface area (Å²) in [5, 5.41) is 23.8. The van der Waals surface area contributed by atoms with Crippen LogP contribution in [0.15, 0.2) is 48.6 Å². The highest BCUT2D eigenvalue weighted by Gasteiger charge is 2.23. The molecule has 0 N–H and O–H groups in total. The topological polar surface area (TPSA) is 104 Å². The molecule has 2 heterocycles. The van der Waals surface area contributed by atoms with Crippen molar-refractivity contribution in [2.75, 3.05) is 0 Å². The molecule has 2 unspecified atom stereocenters. The predicted octanol–water partition coefficient (Wildman–Crippen LogP) is 1.00. The first kappa shape index (κ1) is 14.4. The average Bonchev–Trinajstić information content (AvgIpc) is 3.33. The van der Waals surface area contributed by atoms with Crippen molar-refractivity contribution >= 4 is 5.78 Å². The van der Waals surface area contributed by atoms with E-state index in [1.807, 2.05) is 48.6 Å². The standard InChI is InChI=1S/C15H14N8O/c24-13(14-16-20-22(18-14)11-7-3-1-4-8-11)15-17-21-23(19-15)12-9-5-2-6-10-12/h1-7,9,11-12H,8,10H2. The van der Waals surface area contributed by atoms with Crippen LogP contribution in [0.3, 0.4) is 0 Å². The summed E-state index contributed by atoms with van der Waals surface area (Å²) in [6.45, 7) is 0. The molecule has 9 heteroatoms. The maximum absolute atomic E-state index is 12.4. The van der Waals surface area contributed by atoms with Crippen molar-refractivity contribution in [3.8, 4) is 0 Å². The Bertz CT molecular complexity index is 801. The van der Waals surface area contributed by atoms with Crippen LogP contribution in [0.25, 0.3) is 0 Å². The summed E-state index contributed by atoms with van der Waals surface area (Å²) in [5.74, 6) is -0.550. The summed E-state index contributed by atoms with van der Waals surface area (Å²) in [4.78, 5) is 15.3. The molecule has 2 aliphatic carbocycles. The minimum Gasteiger partial charge on any atom is -0.281 e. The molecule has 0 radical (unpaired) electrons. The van der Waals surface area contributed by atoms with E-state index in [1.54, 1.807) is 0 Å². The van der Waals surface area contributed by atoms with Crippen molar-refractivity contribution in [2.45, 2.75) is 24.9 Å². The monoisotopic (exact) mass is 322 g/mol. The van der Waals surface area contributed by atoms with Crippen LogP contribution in [-0.2, 0) is 0 Å². The Hall–Kier alpha value is -3.23. The maximum atomic E-state index is 12.4. The van der Waals surface area contributed by atoms with Gasteiger partial charge in [0.1, 0.15) is 0 Å². The Balaban J connectivity index is 1.52. The number of ketones is 1. The van der Waals surface area contributed by atoms with Crippen molar-refractivity contribution in [3.05, 3.63) is 60.3 Å². The Morgan fingerprint density at radius 1 is 0.833 bits per heavy atom. The van der Waals surface area contributed by atoms with Crippen LogP contribution in [0.5, 0.6) is 0 Å². The van der Waals surface area contributed by atoms with Gasteiger partial charge in [0.15, 0.2) is 0 Å². The molecule has 0 saturated carbocycles. The molecule has 120 valence electrons. The fourth-order valence-electron chi connectivity index (χ4n) is 2.49. The quantitative estimate of drug-likeness (QED) is 0.773. The van der Waals surface area contributed by atoms with Gasteiger partial charge in [0.2, 0.25) is 11.6 Å². The van der Waals surface area contributed by atoms with Gasteiger partial charge in [0, 0.05) is 0 Å². The summed E-state index contributed by atoms with van der Waals surface area (Å²) in [7, 11) is 0. The third-order valence-electron chi connectivity index (χ3n) is 3.77. The van der Waals surface area contributed by atoms with Gasteiger partial charge in [0.05, 0.1) is 12.1 Å². The van der Waals surface area contributed by atoms with E-state index in [1.165, 1.54) is 9.59 Å². The van der Waals surface area contributed by atoms with Crippen LogP contribution in [0.1, 0.15) is 41.4 Å². The van der Waals surface area contributed by atoms with Gasteiger partial charge in [-0.2, -0.15) is 9.59 Å². The number of aromatic nitrogens is 8. The van der Waals surface area contributed by atoms with Crippen molar-refractivity contribution in [1.29, 1.82) is 0 Å². The summed E-state index contributed by atoms with van der Waals surface area (Å²) >= 11 is 0. The summed E-state index contributed by atoms with van der Waals surface area (Å²) in [5.41, 5.74) is 0. The highest BCUT2D eigenvalue weighted by molar-refractivity contribution is 6.03. The van der Waals surface area contributed by atoms with E-state index >= 15 is 0 Å². The molecule has 0 aliphatic heterocycles. The number of hydrogen-bond acceptors (Lipinski definition) is 7. The van der Waals surface area contributed by atoms with E-state index in [9.17, 15) is 4.79 Å². The molecule has 2 aliphatic rings. The second kappa shape index (κ2) is 6.11. The van der Waals surface area contributed by atoms with E-state index in [4.69, 9.17) is 0 Å². The Morgan fingerprint density at radius 2 is 1.33 bits per heavy atom. The van der Waals surface area contributed by atoms with Crippen LogP contribution in [0, 0.1) is 0 Å². The Morgan fingerprint density at radius 3 is 1.75 bits per heavy atom. The molecule has 24 heavy (non-hydrogen) atoms. The van der Waals surface area contributed by atoms with Gasteiger partial charge >= 0.3 is 0 Å². The van der Waals surface area contributed by atoms with E-state index < -0.39 is 5.78 Å². The van der Waals surface area contributed by atoms with Crippen LogP contribution in [0.2, 0.25) is 0 Å². The first-order chi connectivity index (χ1) is 11.8. The SMILES string of the molecule is O=C(c1nnn(C2C=CC=CC2)n1)c1nnn(C2C=CC=CC2)n1. The molecule has 0 spiro atoms. The van der Waals surface area contributed by atoms with Crippen molar-refractivity contribution in [1.82, 2.24) is 40.4 Å². The largest absolute Gasteiger partial charge is 0.281 e. The van der Waals surface area contributed by atoms with Gasteiger partial charge in [-0.25, -0.2) is 0 Å². The first-order valence-electron chi connectivity index (χ1n) is 7.61. The van der Waals surface area contributed by atoms with E-state index in [0.717, 1.165) is 12.8 Å². The summed E-state index contributed by atoms with van der Waals surface area (Å²) in [6, 6.07) is -0.0706. The fourth-order valence-corrected chi connectivity index (χ4v) is 2.49. The number of carbonyl (C=O) groups excluding carboxylic acids is 1. The van der Waals surface area contributed by atoms with Crippen LogP contribution >= 0.6 is 0 Å². The molecule has 2 atom stereocenters. The minimum atomic E-state index is -0.488. The van der Waals surface area contributed by atoms with E-state index in [2.05, 4.69) is 30.8 Å². The van der Waals surface area contributed by atoms with Crippen molar-refractivity contribution in [2.24, 2.45) is 0 Å². The van der Waals surface area contributed by atoms with Gasteiger partial charge in [-0.05, 0) is 23.3 Å². The molecule has 2 aromatic heterocycles. The number of tetrazole rings is 2. The number of hydrogen-bond donors (Lipinski definition) is 0. The van der Waals surface area contributed by atoms with Gasteiger partial charge < -0.3 is 0 Å². The van der Waals surface area contributed by atoms with Crippen molar-refractivity contribution < 1.29 is 4.79 Å². The van der Waals surface area contributed by atoms with Crippen LogP contribution in [-0.4, -0.2) is 46.2 Å². The maximum Gasteiger partial charge on any atom is 0.274 e. The molecule has 0 saturated heterocycles. The molecule has 0 aromatic carbocycles. The average molecular weight is 322 g/mol. The second-order valence-corrected chi connectivity index (χ2v) is 5.43. The summed E-state index contributed by atoms with van der Waals surface area (Å²) < 4.78 is 0. The zero-order chi connectivity index (χ0) is 16.4. The highest BCUT2D eigenvalue weighted by Crippen LogP contribution is 2.16. The van der Waals surface area contributed by atoms with Gasteiger partial charge in [-0.1, -0.05) is 48.6 Å². The third kappa shape index (κ3) is 2.71. The molecule has 9 nitrogen and oxygen atoms in total. The second-order valence-electron chi connectivity index (χ2n) is 5.43. The first-order valence-corrected chi connectivity index (χ1v) is 7.61. The van der Waals surface area contributed by atoms with Crippen LogP contribution in [0.4, 0.5) is 0 Å². The molecular weight excluding hydrogens is 308 g/mol. The number of nitrogens with zero attached hydrogens (tertiary/aromatic N) is 8. The predicted molar refractivity (Wildman–Crippen MR) is 82.9 cm³/mol. The summed E-state index contributed by atoms with van der Waals surface area (Å²) in [6.07, 6.45) is 17.2. The Kier molecular flexibility index (Phi) is 3.66. The zero-order valence-corrected chi connectivity index (χ0v) is 12.7. The number of rotatable bonds is 4. The lowest BCUT2D eigenvalue weighted by atomic mass is 10.1. The molecular formula is C15H14N8O. The van der Waals surface area contributed by atoms with Gasteiger partial charge in [0.25, 0.3) is 5.78 Å². The van der Waals surface area contributed by atoms with Gasteiger partial charge in [-0.3, -0.25) is 4.79 Å². The lowest BCUT2D eigenvalue weighted by Gasteiger charge is -2.10. The number of allylic oxidation sites excluding steroid dienone is 8. The number of carbonyl (C=O) groups is 1. The Labute approximate surface area is 137 Å². The lowest BCUT2D eigenvalue weighted by Crippen LogP contribution is -2.13. The third-order valence-corrected chi connectivity index (χ3v) is 3.77.